The van der Waals surface area contributed by atoms with Gasteiger partial charge < -0.3 is 20.3 Å². The van der Waals surface area contributed by atoms with E-state index in [4.69, 9.17) is 4.74 Å². The van der Waals surface area contributed by atoms with Gasteiger partial charge in [0, 0.05) is 30.8 Å². The van der Waals surface area contributed by atoms with Crippen LogP contribution in [0, 0.1) is 5.92 Å². The number of rotatable bonds is 8. The van der Waals surface area contributed by atoms with E-state index in [1.54, 1.807) is 66.6 Å². The van der Waals surface area contributed by atoms with E-state index in [9.17, 15) is 14.4 Å². The third-order valence-corrected chi connectivity index (χ3v) is 5.66. The highest BCUT2D eigenvalue weighted by molar-refractivity contribution is 5.97. The first-order valence-electron chi connectivity index (χ1n) is 10.7. The Hall–Kier alpha value is -3.61. The monoisotopic (exact) mass is 435 g/mol. The van der Waals surface area contributed by atoms with Crippen molar-refractivity contribution in [3.05, 3.63) is 78.4 Å². The molecule has 7 nitrogen and oxygen atoms in total. The van der Waals surface area contributed by atoms with Crippen LogP contribution >= 0.6 is 0 Å². The molecule has 168 valence electrons. The highest BCUT2D eigenvalue weighted by atomic mass is 16.5. The van der Waals surface area contributed by atoms with Crippen molar-refractivity contribution >= 4 is 17.7 Å². The van der Waals surface area contributed by atoms with Crippen LogP contribution in [0.1, 0.15) is 33.6 Å². The van der Waals surface area contributed by atoms with Crippen molar-refractivity contribution in [2.75, 3.05) is 26.7 Å². The van der Waals surface area contributed by atoms with E-state index in [2.05, 4.69) is 17.2 Å². The van der Waals surface area contributed by atoms with Crippen molar-refractivity contribution in [2.45, 2.75) is 18.9 Å². The molecule has 1 atom stereocenters. The molecule has 2 N–H and O–H groups in total. The summed E-state index contributed by atoms with van der Waals surface area (Å²) in [6, 6.07) is 15.2. The van der Waals surface area contributed by atoms with Crippen LogP contribution in [0.2, 0.25) is 0 Å². The van der Waals surface area contributed by atoms with Gasteiger partial charge in [0.15, 0.2) is 0 Å². The molecule has 1 saturated heterocycles. The third-order valence-electron chi connectivity index (χ3n) is 5.66. The summed E-state index contributed by atoms with van der Waals surface area (Å²) in [5, 5.41) is 5.69. The van der Waals surface area contributed by atoms with Crippen molar-refractivity contribution < 1.29 is 19.1 Å². The molecule has 0 aromatic heterocycles. The van der Waals surface area contributed by atoms with Gasteiger partial charge in [0.1, 0.15) is 11.8 Å². The Morgan fingerprint density at radius 2 is 1.72 bits per heavy atom. The molecule has 32 heavy (non-hydrogen) atoms. The van der Waals surface area contributed by atoms with Gasteiger partial charge in [-0.1, -0.05) is 24.3 Å². The molecular weight excluding hydrogens is 406 g/mol. The number of methoxy groups -OCH3 is 1. The molecule has 3 amide bonds. The van der Waals surface area contributed by atoms with E-state index >= 15 is 0 Å². The van der Waals surface area contributed by atoms with Crippen LogP contribution in [0.5, 0.6) is 5.75 Å². The minimum Gasteiger partial charge on any atom is -0.497 e. The molecule has 3 rings (SSSR count). The maximum Gasteiger partial charge on any atom is 0.253 e. The van der Waals surface area contributed by atoms with E-state index in [0.717, 1.165) is 0 Å². The topological polar surface area (TPSA) is 87.7 Å². The summed E-state index contributed by atoms with van der Waals surface area (Å²) < 4.78 is 5.15. The SMILES string of the molecule is C=CCNC(=O)[C@@H](NC(=O)c1ccccc1)C1CCN(C(=O)c2ccc(OC)cc2)CC1. The average molecular weight is 436 g/mol. The number of benzene rings is 2. The van der Waals surface area contributed by atoms with Gasteiger partial charge in [0.2, 0.25) is 5.91 Å². The summed E-state index contributed by atoms with van der Waals surface area (Å²) >= 11 is 0. The molecule has 1 heterocycles. The molecule has 1 fully saturated rings. The van der Waals surface area contributed by atoms with Gasteiger partial charge in [-0.2, -0.15) is 0 Å². The predicted molar refractivity (Wildman–Crippen MR) is 123 cm³/mol. The van der Waals surface area contributed by atoms with Crippen LogP contribution in [-0.2, 0) is 4.79 Å². The van der Waals surface area contributed by atoms with Gasteiger partial charge in [-0.05, 0) is 55.2 Å². The minimum atomic E-state index is -0.680. The molecular formula is C25H29N3O4. The second kappa shape index (κ2) is 11.1. The molecule has 1 aliphatic rings. The maximum atomic E-state index is 12.8. The maximum absolute atomic E-state index is 12.8. The number of amides is 3. The average Bonchev–Trinajstić information content (AvgIpc) is 2.86. The van der Waals surface area contributed by atoms with Crippen molar-refractivity contribution in [1.29, 1.82) is 0 Å². The van der Waals surface area contributed by atoms with Gasteiger partial charge >= 0.3 is 0 Å². The van der Waals surface area contributed by atoms with E-state index in [1.807, 2.05) is 6.07 Å². The first kappa shape index (κ1) is 23.1. The van der Waals surface area contributed by atoms with Gasteiger partial charge in [-0.25, -0.2) is 0 Å². The first-order valence-corrected chi connectivity index (χ1v) is 10.7. The molecule has 0 aliphatic carbocycles. The number of nitrogens with zero attached hydrogens (tertiary/aromatic N) is 1. The van der Waals surface area contributed by atoms with Crippen molar-refractivity contribution in [3.8, 4) is 5.75 Å². The Kier molecular flexibility index (Phi) is 8.02. The third kappa shape index (κ3) is 5.75. The van der Waals surface area contributed by atoms with Gasteiger partial charge in [0.05, 0.1) is 7.11 Å². The molecule has 7 heteroatoms. The number of hydrogen-bond donors (Lipinski definition) is 2. The Labute approximate surface area is 188 Å². The zero-order valence-electron chi connectivity index (χ0n) is 18.3. The zero-order valence-corrected chi connectivity index (χ0v) is 18.3. The summed E-state index contributed by atoms with van der Waals surface area (Å²) in [6.07, 6.45) is 2.83. The van der Waals surface area contributed by atoms with Crippen LogP contribution < -0.4 is 15.4 Å². The summed E-state index contributed by atoms with van der Waals surface area (Å²) in [5.41, 5.74) is 1.10. The van der Waals surface area contributed by atoms with Crippen molar-refractivity contribution in [3.63, 3.8) is 0 Å². The van der Waals surface area contributed by atoms with E-state index in [0.29, 0.717) is 49.4 Å². The lowest BCUT2D eigenvalue weighted by Gasteiger charge is -2.35. The van der Waals surface area contributed by atoms with Gasteiger partial charge in [0.25, 0.3) is 11.8 Å². The predicted octanol–water partition coefficient (Wildman–Crippen LogP) is 2.65. The Bertz CT molecular complexity index is 935. The fraction of sp³-hybridized carbons (Fsp3) is 0.320. The fourth-order valence-electron chi connectivity index (χ4n) is 3.85. The Morgan fingerprint density at radius 1 is 1.06 bits per heavy atom. The minimum absolute atomic E-state index is 0.0490. The fourth-order valence-corrected chi connectivity index (χ4v) is 3.85. The highest BCUT2D eigenvalue weighted by Gasteiger charge is 2.34. The molecule has 1 aliphatic heterocycles. The summed E-state index contributed by atoms with van der Waals surface area (Å²) in [5.74, 6) is 0.0393. The molecule has 0 spiro atoms. The number of nitrogens with one attached hydrogen (secondary N) is 2. The quantitative estimate of drug-likeness (QED) is 0.624. The summed E-state index contributed by atoms with van der Waals surface area (Å²) in [6.45, 7) is 4.98. The van der Waals surface area contributed by atoms with Crippen LogP contribution in [0.3, 0.4) is 0 Å². The number of carbonyl (C=O) groups is 3. The van der Waals surface area contributed by atoms with Gasteiger partial charge in [-0.15, -0.1) is 6.58 Å². The largest absolute Gasteiger partial charge is 0.497 e. The molecule has 0 saturated carbocycles. The number of carbonyl (C=O) groups excluding carboxylic acids is 3. The number of piperidine rings is 1. The molecule has 0 bridgehead atoms. The lowest BCUT2D eigenvalue weighted by molar-refractivity contribution is -0.124. The summed E-state index contributed by atoms with van der Waals surface area (Å²) in [4.78, 5) is 40.1. The molecule has 2 aromatic carbocycles. The number of ether oxygens (including phenoxy) is 1. The highest BCUT2D eigenvalue weighted by Crippen LogP contribution is 2.23. The number of hydrogen-bond acceptors (Lipinski definition) is 4. The standard InChI is InChI=1S/C25H29N3O4/c1-3-15-26-24(30)22(27-23(29)19-7-5-4-6-8-19)18-13-16-28(17-14-18)25(31)20-9-11-21(32-2)12-10-20/h3-12,18,22H,1,13-17H2,2H3,(H,26,30)(H,27,29)/t22-/m0/s1. The van der Waals surface area contributed by atoms with Crippen LogP contribution in [-0.4, -0.2) is 55.4 Å². The lowest BCUT2D eigenvalue weighted by atomic mass is 9.88. The first-order chi connectivity index (χ1) is 15.5. The normalized spacial score (nSPS) is 14.8. The smallest absolute Gasteiger partial charge is 0.253 e. The van der Waals surface area contributed by atoms with Crippen molar-refractivity contribution in [2.24, 2.45) is 5.92 Å². The van der Waals surface area contributed by atoms with Crippen molar-refractivity contribution in [1.82, 2.24) is 15.5 Å². The van der Waals surface area contributed by atoms with Crippen LogP contribution in [0.15, 0.2) is 67.3 Å². The van der Waals surface area contributed by atoms with Crippen LogP contribution in [0.4, 0.5) is 0 Å². The Balaban J connectivity index is 1.65. The zero-order chi connectivity index (χ0) is 22.9. The number of likely N-dealkylation sites (tertiary alicyclic amines) is 1. The van der Waals surface area contributed by atoms with E-state index in [1.165, 1.54) is 0 Å². The van der Waals surface area contributed by atoms with E-state index < -0.39 is 6.04 Å². The van der Waals surface area contributed by atoms with Gasteiger partial charge in [-0.3, -0.25) is 14.4 Å². The Morgan fingerprint density at radius 3 is 2.31 bits per heavy atom. The summed E-state index contributed by atoms with van der Waals surface area (Å²) in [7, 11) is 1.58. The second-order valence-corrected chi connectivity index (χ2v) is 7.71. The molecule has 2 aromatic rings. The lowest BCUT2D eigenvalue weighted by Crippen LogP contribution is -2.53. The second-order valence-electron chi connectivity index (χ2n) is 7.71. The molecule has 0 unspecified atom stereocenters. The van der Waals surface area contributed by atoms with Crippen LogP contribution in [0.25, 0.3) is 0 Å². The molecule has 0 radical (unpaired) electrons. The van der Waals surface area contributed by atoms with E-state index in [-0.39, 0.29) is 23.6 Å².